The number of hydrogen-bond donors (Lipinski definition) is 1. The minimum atomic E-state index is 0.687. The molecule has 2 rings (SSSR count). The predicted octanol–water partition coefficient (Wildman–Crippen LogP) is 4.23. The SMILES string of the molecule is COc1ccc(Cl)cc1CSc1ccc(N)cc1OC. The maximum atomic E-state index is 6.03. The first-order chi connectivity index (χ1) is 9.63. The summed E-state index contributed by atoms with van der Waals surface area (Å²) < 4.78 is 10.7. The van der Waals surface area contributed by atoms with Crippen molar-refractivity contribution >= 4 is 29.1 Å². The maximum absolute atomic E-state index is 6.03. The number of nitrogen functional groups attached to an aromatic ring is 1. The zero-order valence-corrected chi connectivity index (χ0v) is 12.9. The lowest BCUT2D eigenvalue weighted by Crippen LogP contribution is -1.92. The minimum Gasteiger partial charge on any atom is -0.496 e. The second-order valence-electron chi connectivity index (χ2n) is 4.16. The number of nitrogens with two attached hydrogens (primary N) is 1. The standard InChI is InChI=1S/C15H16ClNO2S/c1-18-13-5-3-11(16)7-10(13)9-20-15-6-4-12(17)8-14(15)19-2/h3-8H,9,17H2,1-2H3. The van der Waals surface area contributed by atoms with E-state index in [-0.39, 0.29) is 0 Å². The summed E-state index contributed by atoms with van der Waals surface area (Å²) in [5, 5.41) is 0.700. The van der Waals surface area contributed by atoms with Crippen molar-refractivity contribution in [1.82, 2.24) is 0 Å². The van der Waals surface area contributed by atoms with Crippen LogP contribution >= 0.6 is 23.4 Å². The highest BCUT2D eigenvalue weighted by atomic mass is 35.5. The highest BCUT2D eigenvalue weighted by molar-refractivity contribution is 7.98. The van der Waals surface area contributed by atoms with Crippen LogP contribution in [0.25, 0.3) is 0 Å². The van der Waals surface area contributed by atoms with E-state index in [1.807, 2.05) is 36.4 Å². The lowest BCUT2D eigenvalue weighted by atomic mass is 10.2. The van der Waals surface area contributed by atoms with E-state index >= 15 is 0 Å². The van der Waals surface area contributed by atoms with E-state index in [1.54, 1.807) is 26.0 Å². The Hall–Kier alpha value is -1.52. The van der Waals surface area contributed by atoms with Gasteiger partial charge in [0, 0.05) is 33.0 Å². The molecule has 0 aliphatic heterocycles. The molecule has 0 aromatic heterocycles. The monoisotopic (exact) mass is 309 g/mol. The average molecular weight is 310 g/mol. The lowest BCUT2D eigenvalue weighted by Gasteiger charge is -2.11. The minimum absolute atomic E-state index is 0.687. The smallest absolute Gasteiger partial charge is 0.134 e. The lowest BCUT2D eigenvalue weighted by molar-refractivity contribution is 0.405. The molecule has 0 amide bonds. The Labute approximate surface area is 128 Å². The topological polar surface area (TPSA) is 44.5 Å². The number of benzene rings is 2. The van der Waals surface area contributed by atoms with E-state index in [0.717, 1.165) is 27.7 Å². The average Bonchev–Trinajstić information content (AvgIpc) is 2.46. The molecule has 0 atom stereocenters. The van der Waals surface area contributed by atoms with Crippen molar-refractivity contribution in [3.05, 3.63) is 47.0 Å². The number of methoxy groups -OCH3 is 2. The third kappa shape index (κ3) is 3.52. The third-order valence-electron chi connectivity index (χ3n) is 2.81. The molecule has 5 heteroatoms. The highest BCUT2D eigenvalue weighted by Crippen LogP contribution is 2.35. The summed E-state index contributed by atoms with van der Waals surface area (Å²) in [6.07, 6.45) is 0. The first-order valence-corrected chi connectivity index (χ1v) is 7.39. The maximum Gasteiger partial charge on any atom is 0.134 e. The molecule has 0 fully saturated rings. The Morgan fingerprint density at radius 3 is 2.50 bits per heavy atom. The van der Waals surface area contributed by atoms with E-state index in [0.29, 0.717) is 10.7 Å². The van der Waals surface area contributed by atoms with Crippen LogP contribution < -0.4 is 15.2 Å². The second kappa shape index (κ2) is 6.77. The van der Waals surface area contributed by atoms with E-state index < -0.39 is 0 Å². The van der Waals surface area contributed by atoms with Gasteiger partial charge in [0.2, 0.25) is 0 Å². The molecule has 0 spiro atoms. The molecule has 2 aromatic rings. The molecule has 0 heterocycles. The number of hydrogen-bond acceptors (Lipinski definition) is 4. The van der Waals surface area contributed by atoms with Gasteiger partial charge in [-0.15, -0.1) is 11.8 Å². The van der Waals surface area contributed by atoms with Gasteiger partial charge in [-0.2, -0.15) is 0 Å². The van der Waals surface area contributed by atoms with Crippen LogP contribution in [-0.4, -0.2) is 14.2 Å². The van der Waals surface area contributed by atoms with Crippen LogP contribution in [0.3, 0.4) is 0 Å². The van der Waals surface area contributed by atoms with Gasteiger partial charge in [-0.1, -0.05) is 11.6 Å². The molecule has 0 saturated heterocycles. The number of anilines is 1. The van der Waals surface area contributed by atoms with E-state index in [4.69, 9.17) is 26.8 Å². The summed E-state index contributed by atoms with van der Waals surface area (Å²) in [5.74, 6) is 2.34. The van der Waals surface area contributed by atoms with Crippen LogP contribution in [0.2, 0.25) is 5.02 Å². The Bertz CT molecular complexity index is 604. The van der Waals surface area contributed by atoms with Gasteiger partial charge in [-0.3, -0.25) is 0 Å². The molecule has 0 unspecified atom stereocenters. The van der Waals surface area contributed by atoms with Gasteiger partial charge >= 0.3 is 0 Å². The van der Waals surface area contributed by atoms with E-state index in [2.05, 4.69) is 0 Å². The van der Waals surface area contributed by atoms with Crippen molar-refractivity contribution < 1.29 is 9.47 Å². The summed E-state index contributed by atoms with van der Waals surface area (Å²) in [4.78, 5) is 1.03. The fraction of sp³-hybridized carbons (Fsp3) is 0.200. The summed E-state index contributed by atoms with van der Waals surface area (Å²) in [6.45, 7) is 0. The summed E-state index contributed by atoms with van der Waals surface area (Å²) >= 11 is 7.68. The van der Waals surface area contributed by atoms with Crippen molar-refractivity contribution in [2.45, 2.75) is 10.6 Å². The summed E-state index contributed by atoms with van der Waals surface area (Å²) in [6, 6.07) is 11.2. The number of halogens is 1. The largest absolute Gasteiger partial charge is 0.496 e. The van der Waals surface area contributed by atoms with Gasteiger partial charge in [0.1, 0.15) is 11.5 Å². The van der Waals surface area contributed by atoms with Crippen LogP contribution in [0.4, 0.5) is 5.69 Å². The molecular weight excluding hydrogens is 294 g/mol. The molecule has 2 aromatic carbocycles. The number of thioether (sulfide) groups is 1. The predicted molar refractivity (Wildman–Crippen MR) is 85.0 cm³/mol. The zero-order chi connectivity index (χ0) is 14.5. The van der Waals surface area contributed by atoms with E-state index in [9.17, 15) is 0 Å². The number of rotatable bonds is 5. The Morgan fingerprint density at radius 1 is 1.05 bits per heavy atom. The fourth-order valence-corrected chi connectivity index (χ4v) is 3.00. The molecule has 0 aliphatic rings. The van der Waals surface area contributed by atoms with Crippen LogP contribution in [0.1, 0.15) is 5.56 Å². The van der Waals surface area contributed by atoms with Crippen molar-refractivity contribution in [3.63, 3.8) is 0 Å². The van der Waals surface area contributed by atoms with Crippen molar-refractivity contribution in [2.24, 2.45) is 0 Å². The highest BCUT2D eigenvalue weighted by Gasteiger charge is 2.08. The molecule has 0 saturated carbocycles. The fourth-order valence-electron chi connectivity index (χ4n) is 1.82. The Balaban J connectivity index is 2.18. The molecular formula is C15H16ClNO2S. The van der Waals surface area contributed by atoms with Gasteiger partial charge in [0.15, 0.2) is 0 Å². The van der Waals surface area contributed by atoms with Gasteiger partial charge < -0.3 is 15.2 Å². The molecule has 0 bridgehead atoms. The molecule has 3 nitrogen and oxygen atoms in total. The van der Waals surface area contributed by atoms with Gasteiger partial charge in [-0.25, -0.2) is 0 Å². The van der Waals surface area contributed by atoms with Crippen LogP contribution in [-0.2, 0) is 5.75 Å². The zero-order valence-electron chi connectivity index (χ0n) is 11.4. The Morgan fingerprint density at radius 2 is 1.80 bits per heavy atom. The van der Waals surface area contributed by atoms with Crippen LogP contribution in [0, 0.1) is 0 Å². The first kappa shape index (κ1) is 14.9. The molecule has 20 heavy (non-hydrogen) atoms. The van der Waals surface area contributed by atoms with Gasteiger partial charge in [0.25, 0.3) is 0 Å². The normalized spacial score (nSPS) is 10.3. The molecule has 0 radical (unpaired) electrons. The molecule has 2 N–H and O–H groups in total. The van der Waals surface area contributed by atoms with E-state index in [1.165, 1.54) is 0 Å². The quantitative estimate of drug-likeness (QED) is 0.663. The summed E-state index contributed by atoms with van der Waals surface area (Å²) in [7, 11) is 3.29. The van der Waals surface area contributed by atoms with Crippen molar-refractivity contribution in [1.29, 1.82) is 0 Å². The van der Waals surface area contributed by atoms with Crippen LogP contribution in [0.5, 0.6) is 11.5 Å². The number of ether oxygens (including phenoxy) is 2. The van der Waals surface area contributed by atoms with Crippen molar-refractivity contribution in [3.8, 4) is 11.5 Å². The van der Waals surface area contributed by atoms with Gasteiger partial charge in [-0.05, 0) is 30.3 Å². The Kier molecular flexibility index (Phi) is 5.04. The summed E-state index contributed by atoms with van der Waals surface area (Å²) in [5.41, 5.74) is 7.48. The molecule has 106 valence electrons. The van der Waals surface area contributed by atoms with Crippen molar-refractivity contribution in [2.75, 3.05) is 20.0 Å². The molecule has 0 aliphatic carbocycles. The second-order valence-corrected chi connectivity index (χ2v) is 5.61. The van der Waals surface area contributed by atoms with Gasteiger partial charge in [0.05, 0.1) is 14.2 Å². The van der Waals surface area contributed by atoms with Crippen LogP contribution in [0.15, 0.2) is 41.3 Å². The third-order valence-corrected chi connectivity index (χ3v) is 4.15. The first-order valence-electron chi connectivity index (χ1n) is 6.02.